The molecule has 4 heteroatoms. The molecule has 0 aromatic heterocycles. The Morgan fingerprint density at radius 1 is 0.442 bits per heavy atom. The van der Waals surface area contributed by atoms with Crippen LogP contribution in [-0.2, 0) is 9.47 Å². The van der Waals surface area contributed by atoms with E-state index in [9.17, 15) is 9.59 Å². The molecule has 0 spiro atoms. The summed E-state index contributed by atoms with van der Waals surface area (Å²) in [4.78, 5) is 25.3. The number of carbonyl (C=O) groups is 2. The molecule has 0 amide bonds. The van der Waals surface area contributed by atoms with Gasteiger partial charge >= 0.3 is 11.9 Å². The molecule has 0 fully saturated rings. The van der Waals surface area contributed by atoms with Crippen molar-refractivity contribution in [2.24, 2.45) is 0 Å². The summed E-state index contributed by atoms with van der Waals surface area (Å²) in [6.45, 7) is 17.8. The van der Waals surface area contributed by atoms with E-state index in [4.69, 9.17) is 9.47 Å². The lowest BCUT2D eigenvalue weighted by Crippen LogP contribution is -2.16. The molecule has 0 radical (unpaired) electrons. The molecule has 4 aliphatic rings. The molecule has 2 atom stereocenters. The Kier molecular flexibility index (Phi) is 10.4. The molecule has 2 aromatic rings. The van der Waals surface area contributed by atoms with Gasteiger partial charge in [0.2, 0.25) is 0 Å². The summed E-state index contributed by atoms with van der Waals surface area (Å²) >= 11 is 0. The van der Waals surface area contributed by atoms with Crippen molar-refractivity contribution < 1.29 is 19.1 Å². The lowest BCUT2D eigenvalue weighted by Gasteiger charge is -2.31. The number of methoxy groups -OCH3 is 2. The Hall–Kier alpha value is -5.22. The lowest BCUT2D eigenvalue weighted by molar-refractivity contribution is 0.0592. The Balaban J connectivity index is 1.71. The number of ether oxygens (including phenoxy) is 2. The van der Waals surface area contributed by atoms with Gasteiger partial charge in [0.05, 0.1) is 25.3 Å². The standard InChI is InChI=1S/C48H50O4/c1-27(2)37-13-11-29(5)43-39(25-37)31(7)23-41(43)45(33-15-19-35(20-16-33)47(49)51-9)46(34-17-21-36(22-18-34)48(50)52-10)42-24-32(8)40-26-38(28(3)4)14-12-30(6)44(40)42/h11-28,45-46H,1-10H3/t45-,46+. The monoisotopic (exact) mass is 690 g/mol. The largest absolute Gasteiger partial charge is 0.465 e. The quantitative estimate of drug-likeness (QED) is 0.142. The number of carbonyl (C=O) groups excluding carboxylic acids is 2. The number of esters is 2. The van der Waals surface area contributed by atoms with Gasteiger partial charge in [-0.3, -0.25) is 0 Å². The van der Waals surface area contributed by atoms with E-state index < -0.39 is 0 Å². The molecule has 2 aromatic carbocycles. The van der Waals surface area contributed by atoms with Crippen LogP contribution < -0.4 is 0 Å². The molecule has 52 heavy (non-hydrogen) atoms. The fraction of sp³-hybridized carbons (Fsp3) is 0.292. The molecule has 0 aliphatic heterocycles. The number of hydrogen-bond donors (Lipinski definition) is 0. The van der Waals surface area contributed by atoms with E-state index >= 15 is 0 Å². The van der Waals surface area contributed by atoms with Gasteiger partial charge in [-0.15, -0.1) is 0 Å². The molecule has 4 aliphatic carbocycles. The third kappa shape index (κ3) is 6.75. The maximum absolute atomic E-state index is 12.6. The summed E-state index contributed by atoms with van der Waals surface area (Å²) in [5.41, 5.74) is 18.2. The van der Waals surface area contributed by atoms with Crippen LogP contribution in [0.3, 0.4) is 0 Å². The first-order valence-electron chi connectivity index (χ1n) is 18.3. The fourth-order valence-electron chi connectivity index (χ4n) is 7.96. The first kappa shape index (κ1) is 36.6. The highest BCUT2D eigenvalue weighted by atomic mass is 16.5. The molecule has 0 N–H and O–H groups in total. The van der Waals surface area contributed by atoms with Gasteiger partial charge in [-0.25, -0.2) is 9.59 Å². The van der Waals surface area contributed by atoms with Crippen molar-refractivity contribution in [2.75, 3.05) is 14.2 Å². The Bertz CT molecular complexity index is 2030. The summed E-state index contributed by atoms with van der Waals surface area (Å²) in [5, 5.41) is 0. The second-order valence-electron chi connectivity index (χ2n) is 15.0. The normalized spacial score (nSPS) is 12.8. The van der Waals surface area contributed by atoms with Crippen LogP contribution in [-0.4, -0.2) is 26.2 Å². The highest BCUT2D eigenvalue weighted by Gasteiger charge is 2.36. The zero-order valence-corrected chi connectivity index (χ0v) is 32.2. The van der Waals surface area contributed by atoms with Crippen molar-refractivity contribution in [3.8, 4) is 22.3 Å². The van der Waals surface area contributed by atoms with Crippen LogP contribution in [0.15, 0.2) is 97.1 Å². The van der Waals surface area contributed by atoms with Gasteiger partial charge in [-0.05, 0) is 142 Å². The van der Waals surface area contributed by atoms with Crippen LogP contribution in [0, 0.1) is 27.7 Å². The summed E-state index contributed by atoms with van der Waals surface area (Å²) < 4.78 is 10.2. The molecular weight excluding hydrogens is 641 g/mol. The molecule has 6 rings (SSSR count). The lowest BCUT2D eigenvalue weighted by atomic mass is 9.72. The van der Waals surface area contributed by atoms with Crippen LogP contribution in [0.5, 0.6) is 0 Å². The van der Waals surface area contributed by atoms with Crippen molar-refractivity contribution in [1.29, 1.82) is 0 Å². The van der Waals surface area contributed by atoms with Crippen molar-refractivity contribution in [3.05, 3.63) is 164 Å². The zero-order chi connectivity index (χ0) is 37.4. The smallest absolute Gasteiger partial charge is 0.337 e. The number of hydrogen-bond acceptors (Lipinski definition) is 4. The van der Waals surface area contributed by atoms with E-state index in [1.165, 1.54) is 81.0 Å². The number of benzene rings is 2. The summed E-state index contributed by atoms with van der Waals surface area (Å²) in [7, 11) is 2.83. The van der Waals surface area contributed by atoms with Gasteiger partial charge in [0.1, 0.15) is 0 Å². The number of rotatable bonds is 9. The summed E-state index contributed by atoms with van der Waals surface area (Å²) in [6.07, 6.45) is 0. The molecule has 0 bridgehead atoms. The Morgan fingerprint density at radius 3 is 1.08 bits per heavy atom. The predicted molar refractivity (Wildman–Crippen MR) is 213 cm³/mol. The van der Waals surface area contributed by atoms with E-state index in [2.05, 4.69) is 128 Å². The molecule has 0 saturated carbocycles. The van der Waals surface area contributed by atoms with Gasteiger partial charge in [-0.2, -0.15) is 0 Å². The second kappa shape index (κ2) is 14.8. The summed E-state index contributed by atoms with van der Waals surface area (Å²) in [5.74, 6) is -0.274. The number of fused-ring (bicyclic) bond motifs is 2. The van der Waals surface area contributed by atoms with Gasteiger partial charge in [0.15, 0.2) is 0 Å². The van der Waals surface area contributed by atoms with Crippen LogP contribution >= 0.6 is 0 Å². The SMILES string of the molecule is COC(=O)c1ccc([C@H](c2cc(C)c3cc(C(C)C)ccc(C)c2-3)[C@@H](c2ccc(C(=O)OC)cc2)c2cc(C)c3cc(C(C)C)ccc(C)c2-3)cc1. The predicted octanol–water partition coefficient (Wildman–Crippen LogP) is 11.9. The van der Waals surface area contributed by atoms with E-state index in [-0.39, 0.29) is 23.8 Å². The van der Waals surface area contributed by atoms with Crippen LogP contribution in [0.1, 0.15) is 128 Å². The number of aryl methyl sites for hydroxylation is 4. The maximum atomic E-state index is 12.6. The van der Waals surface area contributed by atoms with Crippen LogP contribution in [0.4, 0.5) is 0 Å². The van der Waals surface area contributed by atoms with Crippen molar-refractivity contribution >= 4 is 11.9 Å². The molecule has 266 valence electrons. The maximum Gasteiger partial charge on any atom is 0.337 e. The average molecular weight is 691 g/mol. The third-order valence-electron chi connectivity index (χ3n) is 10.9. The summed E-state index contributed by atoms with van der Waals surface area (Å²) in [6, 6.07) is 34.4. The molecule has 4 nitrogen and oxygen atoms in total. The second-order valence-corrected chi connectivity index (χ2v) is 15.0. The zero-order valence-electron chi connectivity index (χ0n) is 32.2. The highest BCUT2D eigenvalue weighted by molar-refractivity contribution is 5.90. The molecular formula is C48H50O4. The minimum absolute atomic E-state index is 0.157. The average Bonchev–Trinajstić information content (AvgIpc) is 3.47. The third-order valence-corrected chi connectivity index (χ3v) is 10.9. The van der Waals surface area contributed by atoms with Crippen molar-refractivity contribution in [3.63, 3.8) is 0 Å². The van der Waals surface area contributed by atoms with E-state index in [0.29, 0.717) is 23.0 Å². The molecule has 0 saturated heterocycles. The van der Waals surface area contributed by atoms with Crippen LogP contribution in [0.25, 0.3) is 22.3 Å². The van der Waals surface area contributed by atoms with Crippen LogP contribution in [0.2, 0.25) is 0 Å². The van der Waals surface area contributed by atoms with E-state index in [1.54, 1.807) is 0 Å². The fourth-order valence-corrected chi connectivity index (χ4v) is 7.96. The van der Waals surface area contributed by atoms with Gasteiger partial charge in [0.25, 0.3) is 0 Å². The highest BCUT2D eigenvalue weighted by Crippen LogP contribution is 2.53. The first-order chi connectivity index (χ1) is 24.8. The molecule has 0 heterocycles. The van der Waals surface area contributed by atoms with Gasteiger partial charge in [-0.1, -0.05) is 100 Å². The molecule has 0 unspecified atom stereocenters. The minimum Gasteiger partial charge on any atom is -0.465 e. The first-order valence-corrected chi connectivity index (χ1v) is 18.3. The van der Waals surface area contributed by atoms with Gasteiger partial charge in [0, 0.05) is 11.8 Å². The van der Waals surface area contributed by atoms with Crippen molar-refractivity contribution in [1.82, 2.24) is 0 Å². The minimum atomic E-state index is -0.363. The van der Waals surface area contributed by atoms with E-state index in [1.807, 2.05) is 24.3 Å². The topological polar surface area (TPSA) is 52.6 Å². The van der Waals surface area contributed by atoms with Gasteiger partial charge < -0.3 is 9.47 Å². The van der Waals surface area contributed by atoms with E-state index in [0.717, 1.165) is 11.1 Å². The van der Waals surface area contributed by atoms with Crippen molar-refractivity contribution in [2.45, 2.75) is 79.1 Å². The Morgan fingerprint density at radius 2 is 0.769 bits per heavy atom. The Labute approximate surface area is 309 Å².